The van der Waals surface area contributed by atoms with Crippen LogP contribution in [0.4, 0.5) is 4.39 Å². The van der Waals surface area contributed by atoms with Crippen LogP contribution in [-0.4, -0.2) is 26.4 Å². The van der Waals surface area contributed by atoms with Crippen LogP contribution < -0.4 is 4.74 Å². The van der Waals surface area contributed by atoms with Gasteiger partial charge in [0, 0.05) is 47.3 Å². The maximum Gasteiger partial charge on any atom is 0.215 e. The average molecular weight is 501 g/mol. The Balaban J connectivity index is 1.58. The van der Waals surface area contributed by atoms with Crippen molar-refractivity contribution in [3.05, 3.63) is 70.0 Å². The summed E-state index contributed by atoms with van der Waals surface area (Å²) in [5.74, 6) is 0.133. The predicted octanol–water partition coefficient (Wildman–Crippen LogP) is 7.09. The SMILES string of the molecule is Cc1cc(-c2nn(C3CCCCO3)c3ccc(O[C@H](C)c4c(Cl)cncc4Cl)cc23)cnc1F. The van der Waals surface area contributed by atoms with E-state index in [9.17, 15) is 4.39 Å². The molecule has 0 N–H and O–H groups in total. The van der Waals surface area contributed by atoms with Gasteiger partial charge in [-0.2, -0.15) is 9.49 Å². The Morgan fingerprint density at radius 1 is 1.15 bits per heavy atom. The van der Waals surface area contributed by atoms with Crippen molar-refractivity contribution in [2.24, 2.45) is 0 Å². The van der Waals surface area contributed by atoms with Crippen LogP contribution in [0, 0.1) is 12.9 Å². The van der Waals surface area contributed by atoms with Crippen molar-refractivity contribution < 1.29 is 13.9 Å². The summed E-state index contributed by atoms with van der Waals surface area (Å²) in [4.78, 5) is 7.91. The lowest BCUT2D eigenvalue weighted by atomic mass is 10.1. The summed E-state index contributed by atoms with van der Waals surface area (Å²) < 4.78 is 28.0. The van der Waals surface area contributed by atoms with Gasteiger partial charge in [-0.1, -0.05) is 23.2 Å². The molecule has 2 atom stereocenters. The Labute approximate surface area is 206 Å². The highest BCUT2D eigenvalue weighted by Gasteiger charge is 2.23. The molecule has 1 unspecified atom stereocenters. The summed E-state index contributed by atoms with van der Waals surface area (Å²) in [6.45, 7) is 4.27. The molecule has 34 heavy (non-hydrogen) atoms. The number of halogens is 3. The third-order valence-electron chi connectivity index (χ3n) is 6.00. The molecule has 176 valence electrons. The molecular weight excluding hydrogens is 478 g/mol. The maximum absolute atomic E-state index is 13.9. The minimum absolute atomic E-state index is 0.153. The molecule has 6 nitrogen and oxygen atoms in total. The van der Waals surface area contributed by atoms with E-state index in [0.717, 1.165) is 35.7 Å². The summed E-state index contributed by atoms with van der Waals surface area (Å²) in [6, 6.07) is 7.53. The normalized spacial score (nSPS) is 17.1. The Morgan fingerprint density at radius 2 is 1.94 bits per heavy atom. The van der Waals surface area contributed by atoms with E-state index >= 15 is 0 Å². The van der Waals surface area contributed by atoms with Crippen molar-refractivity contribution in [3.63, 3.8) is 0 Å². The molecule has 0 aliphatic carbocycles. The van der Waals surface area contributed by atoms with Gasteiger partial charge < -0.3 is 9.47 Å². The number of benzene rings is 1. The molecule has 0 amide bonds. The fourth-order valence-electron chi connectivity index (χ4n) is 4.30. The molecule has 0 radical (unpaired) electrons. The second-order valence-corrected chi connectivity index (χ2v) is 9.22. The number of rotatable bonds is 5. The standard InChI is InChI=1S/C25H23Cl2FN4O2/c1-14-9-16(11-30-25(14)28)24-18-10-17(34-15(2)23-19(26)12-29-13-20(23)27)6-7-21(18)32(31-24)22-5-3-4-8-33-22/h6-7,9-13,15,22H,3-5,8H2,1-2H3/t15-,22?/m1/s1. The van der Waals surface area contributed by atoms with Crippen molar-refractivity contribution in [1.82, 2.24) is 19.7 Å². The highest BCUT2D eigenvalue weighted by molar-refractivity contribution is 6.35. The van der Waals surface area contributed by atoms with Gasteiger partial charge >= 0.3 is 0 Å². The lowest BCUT2D eigenvalue weighted by Crippen LogP contribution is -2.19. The van der Waals surface area contributed by atoms with Crippen LogP contribution in [0.1, 0.15) is 49.6 Å². The summed E-state index contributed by atoms with van der Waals surface area (Å²) in [5.41, 5.74) is 3.45. The highest BCUT2D eigenvalue weighted by Crippen LogP contribution is 2.37. The van der Waals surface area contributed by atoms with Crippen LogP contribution in [0.3, 0.4) is 0 Å². The Bertz CT molecular complexity index is 1330. The number of hydrogen-bond donors (Lipinski definition) is 0. The van der Waals surface area contributed by atoms with Crippen LogP contribution >= 0.6 is 23.2 Å². The Kier molecular flexibility index (Phi) is 6.42. The molecule has 3 aromatic heterocycles. The van der Waals surface area contributed by atoms with Crippen molar-refractivity contribution in [1.29, 1.82) is 0 Å². The lowest BCUT2D eigenvalue weighted by molar-refractivity contribution is -0.0365. The van der Waals surface area contributed by atoms with Crippen molar-refractivity contribution >= 4 is 34.1 Å². The molecule has 1 aliphatic rings. The van der Waals surface area contributed by atoms with Gasteiger partial charge in [0.05, 0.1) is 15.6 Å². The summed E-state index contributed by atoms with van der Waals surface area (Å²) in [6.07, 6.45) is 7.03. The summed E-state index contributed by atoms with van der Waals surface area (Å²) >= 11 is 12.6. The zero-order valence-corrected chi connectivity index (χ0v) is 20.3. The van der Waals surface area contributed by atoms with Gasteiger partial charge in [-0.15, -0.1) is 0 Å². The maximum atomic E-state index is 13.9. The minimum Gasteiger partial charge on any atom is -0.486 e. The molecule has 9 heteroatoms. The summed E-state index contributed by atoms with van der Waals surface area (Å²) in [5, 5.41) is 6.63. The second kappa shape index (κ2) is 9.49. The smallest absolute Gasteiger partial charge is 0.215 e. The van der Waals surface area contributed by atoms with E-state index in [1.54, 1.807) is 25.4 Å². The number of hydrogen-bond acceptors (Lipinski definition) is 5. The van der Waals surface area contributed by atoms with Crippen LogP contribution in [0.25, 0.3) is 22.2 Å². The van der Waals surface area contributed by atoms with Gasteiger partial charge in [0.15, 0.2) is 6.23 Å². The first-order chi connectivity index (χ1) is 16.4. The van der Waals surface area contributed by atoms with E-state index in [-0.39, 0.29) is 6.23 Å². The first kappa shape index (κ1) is 23.0. The number of aromatic nitrogens is 4. The van der Waals surface area contributed by atoms with E-state index in [4.69, 9.17) is 37.8 Å². The first-order valence-corrected chi connectivity index (χ1v) is 11.9. The van der Waals surface area contributed by atoms with Crippen molar-refractivity contribution in [2.75, 3.05) is 6.61 Å². The fraction of sp³-hybridized carbons (Fsp3) is 0.320. The minimum atomic E-state index is -0.493. The van der Waals surface area contributed by atoms with Crippen LogP contribution in [-0.2, 0) is 4.74 Å². The van der Waals surface area contributed by atoms with E-state index in [2.05, 4.69) is 9.97 Å². The van der Waals surface area contributed by atoms with Gasteiger partial charge in [0.2, 0.25) is 5.95 Å². The quantitative estimate of drug-likeness (QED) is 0.273. The van der Waals surface area contributed by atoms with Gasteiger partial charge in [-0.3, -0.25) is 4.98 Å². The van der Waals surface area contributed by atoms with E-state index < -0.39 is 12.1 Å². The van der Waals surface area contributed by atoms with Crippen LogP contribution in [0.5, 0.6) is 5.75 Å². The second-order valence-electron chi connectivity index (χ2n) is 8.40. The number of pyridine rings is 2. The molecule has 5 rings (SSSR count). The molecule has 1 saturated heterocycles. The monoisotopic (exact) mass is 500 g/mol. The van der Waals surface area contributed by atoms with E-state index in [1.165, 1.54) is 6.20 Å². The molecule has 4 heterocycles. The zero-order chi connectivity index (χ0) is 23.8. The zero-order valence-electron chi connectivity index (χ0n) is 18.8. The Morgan fingerprint density at radius 3 is 2.65 bits per heavy atom. The molecule has 4 aromatic rings. The molecule has 1 aromatic carbocycles. The molecule has 0 bridgehead atoms. The highest BCUT2D eigenvalue weighted by atomic mass is 35.5. The molecular formula is C25H23Cl2FN4O2. The average Bonchev–Trinajstić information content (AvgIpc) is 3.20. The number of nitrogens with zero attached hydrogens (tertiary/aromatic N) is 4. The van der Waals surface area contributed by atoms with Gasteiger partial charge in [-0.05, 0) is 57.4 Å². The van der Waals surface area contributed by atoms with Crippen LogP contribution in [0.2, 0.25) is 10.0 Å². The third-order valence-corrected chi connectivity index (χ3v) is 6.61. The van der Waals surface area contributed by atoms with Gasteiger partial charge in [0.25, 0.3) is 0 Å². The predicted molar refractivity (Wildman–Crippen MR) is 130 cm³/mol. The molecule has 1 fully saturated rings. The number of ether oxygens (including phenoxy) is 2. The molecule has 1 aliphatic heterocycles. The van der Waals surface area contributed by atoms with Gasteiger partial charge in [-0.25, -0.2) is 9.67 Å². The topological polar surface area (TPSA) is 62.1 Å². The third kappa shape index (κ3) is 4.35. The molecule has 0 spiro atoms. The molecule has 0 saturated carbocycles. The van der Waals surface area contributed by atoms with E-state index in [1.807, 2.05) is 29.8 Å². The number of fused-ring (bicyclic) bond motifs is 1. The largest absolute Gasteiger partial charge is 0.486 e. The van der Waals surface area contributed by atoms with Gasteiger partial charge in [0.1, 0.15) is 17.5 Å². The fourth-order valence-corrected chi connectivity index (χ4v) is 4.98. The van der Waals surface area contributed by atoms with Crippen LogP contribution in [0.15, 0.2) is 42.9 Å². The Hall–Kier alpha value is -2.74. The first-order valence-electron chi connectivity index (χ1n) is 11.1. The van der Waals surface area contributed by atoms with E-state index in [0.29, 0.717) is 39.2 Å². The summed E-state index contributed by atoms with van der Waals surface area (Å²) in [7, 11) is 0. The van der Waals surface area contributed by atoms with Crippen molar-refractivity contribution in [3.8, 4) is 17.0 Å². The number of aryl methyl sites for hydroxylation is 1. The van der Waals surface area contributed by atoms with Crippen molar-refractivity contribution in [2.45, 2.75) is 45.4 Å². The lowest BCUT2D eigenvalue weighted by Gasteiger charge is -2.23.